The largest absolute Gasteiger partial charge is 0.497 e. The van der Waals surface area contributed by atoms with Crippen LogP contribution in [0.3, 0.4) is 0 Å². The molecule has 19 heavy (non-hydrogen) atoms. The summed E-state index contributed by atoms with van der Waals surface area (Å²) in [7, 11) is 0.132. The van der Waals surface area contributed by atoms with Gasteiger partial charge in [0.05, 0.1) is 24.0 Å². The maximum Gasteiger partial charge on any atom is 0.118 e. The van der Waals surface area contributed by atoms with Crippen LogP contribution in [0.15, 0.2) is 58.3 Å². The van der Waals surface area contributed by atoms with Gasteiger partial charge in [0, 0.05) is 0 Å². The molecule has 0 radical (unpaired) electrons. The third-order valence-electron chi connectivity index (χ3n) is 2.78. The molecule has 4 nitrogen and oxygen atoms in total. The molecule has 2 aromatic rings. The molecule has 0 unspecified atom stereocenters. The number of ether oxygens (including phenoxy) is 2. The predicted octanol–water partition coefficient (Wildman–Crippen LogP) is 3.17. The molecule has 5 heteroatoms. The Morgan fingerprint density at radius 3 is 1.37 bits per heavy atom. The summed E-state index contributed by atoms with van der Waals surface area (Å²) >= 11 is 0. The van der Waals surface area contributed by atoms with Gasteiger partial charge >= 0.3 is 0 Å². The van der Waals surface area contributed by atoms with Gasteiger partial charge in [-0.15, -0.1) is 0 Å². The van der Waals surface area contributed by atoms with E-state index in [1.807, 2.05) is 0 Å². The molecule has 0 heterocycles. The van der Waals surface area contributed by atoms with E-state index >= 15 is 0 Å². The molecule has 0 aliphatic heterocycles. The second-order valence-corrected chi connectivity index (χ2v) is 5.96. The Labute approximate surface area is 113 Å². The van der Waals surface area contributed by atoms with Crippen LogP contribution in [0.5, 0.6) is 11.5 Å². The Kier molecular flexibility index (Phi) is 3.76. The number of methoxy groups -OCH3 is 2. The Bertz CT molecular complexity index is 593. The third-order valence-corrected chi connectivity index (χ3v) is 4.65. The van der Waals surface area contributed by atoms with Crippen molar-refractivity contribution in [1.82, 2.24) is 0 Å². The van der Waals surface area contributed by atoms with E-state index in [9.17, 15) is 4.21 Å². The summed E-state index contributed by atoms with van der Waals surface area (Å²) in [5, 5.41) is 0. The molecule has 0 aromatic heterocycles. The molecular formula is C14H15NO3S. The normalized spacial score (nSPS) is 11.1. The SMILES string of the molecule is COc1ccc(S(=N)(=O)c2ccc(OC)cc2)cc1. The van der Waals surface area contributed by atoms with E-state index in [1.54, 1.807) is 62.8 Å². The lowest BCUT2D eigenvalue weighted by molar-refractivity contribution is 0.414. The van der Waals surface area contributed by atoms with Gasteiger partial charge in [0.25, 0.3) is 0 Å². The van der Waals surface area contributed by atoms with Crippen LogP contribution in [0.25, 0.3) is 0 Å². The van der Waals surface area contributed by atoms with Gasteiger partial charge in [0.15, 0.2) is 0 Å². The van der Waals surface area contributed by atoms with E-state index in [4.69, 9.17) is 14.3 Å². The predicted molar refractivity (Wildman–Crippen MR) is 73.4 cm³/mol. The zero-order chi connectivity index (χ0) is 13.9. The maximum atomic E-state index is 12.6. The van der Waals surface area contributed by atoms with Crippen molar-refractivity contribution >= 4 is 9.73 Å². The Hall–Kier alpha value is -2.01. The molecular weight excluding hydrogens is 262 g/mol. The van der Waals surface area contributed by atoms with Gasteiger partial charge in [-0.05, 0) is 48.5 Å². The topological polar surface area (TPSA) is 59.4 Å². The lowest BCUT2D eigenvalue weighted by Gasteiger charge is -2.09. The van der Waals surface area contributed by atoms with Crippen LogP contribution in [0.1, 0.15) is 0 Å². The van der Waals surface area contributed by atoms with E-state index in [1.165, 1.54) is 0 Å². The maximum absolute atomic E-state index is 12.6. The second kappa shape index (κ2) is 5.32. The van der Waals surface area contributed by atoms with Crippen LogP contribution in [0, 0.1) is 4.78 Å². The van der Waals surface area contributed by atoms with E-state index in [-0.39, 0.29) is 0 Å². The quantitative estimate of drug-likeness (QED) is 0.933. The number of nitrogens with one attached hydrogen (secondary N) is 1. The average Bonchev–Trinajstić information content (AvgIpc) is 2.47. The lowest BCUT2D eigenvalue weighted by atomic mass is 10.3. The van der Waals surface area contributed by atoms with Gasteiger partial charge in [0.2, 0.25) is 0 Å². The minimum absolute atomic E-state index is 0.457. The number of benzene rings is 2. The first-order valence-corrected chi connectivity index (χ1v) is 7.20. The van der Waals surface area contributed by atoms with Crippen LogP contribution in [0.2, 0.25) is 0 Å². The third kappa shape index (κ3) is 2.71. The summed E-state index contributed by atoms with van der Waals surface area (Å²) in [5.74, 6) is 1.35. The van der Waals surface area contributed by atoms with Crippen molar-refractivity contribution in [3.63, 3.8) is 0 Å². The van der Waals surface area contributed by atoms with Gasteiger partial charge in [-0.1, -0.05) is 0 Å². The summed E-state index contributed by atoms with van der Waals surface area (Å²) in [4.78, 5) is 0.914. The van der Waals surface area contributed by atoms with E-state index in [0.717, 1.165) is 0 Å². The fraction of sp³-hybridized carbons (Fsp3) is 0.143. The Balaban J connectivity index is 2.39. The number of hydrogen-bond donors (Lipinski definition) is 1. The monoisotopic (exact) mass is 277 g/mol. The fourth-order valence-electron chi connectivity index (χ4n) is 1.67. The van der Waals surface area contributed by atoms with E-state index < -0.39 is 9.73 Å². The Morgan fingerprint density at radius 1 is 0.789 bits per heavy atom. The zero-order valence-corrected chi connectivity index (χ0v) is 11.6. The highest BCUT2D eigenvalue weighted by Crippen LogP contribution is 2.25. The first-order chi connectivity index (χ1) is 9.07. The van der Waals surface area contributed by atoms with Crippen molar-refractivity contribution in [3.8, 4) is 11.5 Å². The van der Waals surface area contributed by atoms with E-state index in [2.05, 4.69) is 0 Å². The highest BCUT2D eigenvalue weighted by atomic mass is 32.2. The standard InChI is InChI=1S/C14H15NO3S/c1-17-11-3-7-13(8-4-11)19(15,16)14-9-5-12(18-2)6-10-14/h3-10,15H,1-2H3. The molecule has 0 bridgehead atoms. The van der Waals surface area contributed by atoms with Crippen molar-refractivity contribution < 1.29 is 13.7 Å². The van der Waals surface area contributed by atoms with Crippen molar-refractivity contribution in [1.29, 1.82) is 4.78 Å². The Morgan fingerprint density at radius 2 is 1.11 bits per heavy atom. The fourth-order valence-corrected chi connectivity index (χ4v) is 2.98. The first-order valence-electron chi connectivity index (χ1n) is 5.65. The van der Waals surface area contributed by atoms with Crippen molar-refractivity contribution in [3.05, 3.63) is 48.5 Å². The van der Waals surface area contributed by atoms with Crippen LogP contribution < -0.4 is 9.47 Å². The van der Waals surface area contributed by atoms with Gasteiger partial charge in [0.1, 0.15) is 21.2 Å². The first kappa shape index (κ1) is 13.4. The van der Waals surface area contributed by atoms with Crippen molar-refractivity contribution in [2.45, 2.75) is 9.79 Å². The smallest absolute Gasteiger partial charge is 0.118 e. The molecule has 2 rings (SSSR count). The van der Waals surface area contributed by atoms with Gasteiger partial charge < -0.3 is 9.47 Å². The number of rotatable bonds is 4. The van der Waals surface area contributed by atoms with Crippen LogP contribution >= 0.6 is 0 Å². The highest BCUT2D eigenvalue weighted by molar-refractivity contribution is 7.92. The van der Waals surface area contributed by atoms with Crippen LogP contribution in [-0.4, -0.2) is 18.4 Å². The molecule has 0 spiro atoms. The number of hydrogen-bond acceptors (Lipinski definition) is 4. The molecule has 0 saturated carbocycles. The summed E-state index contributed by atoms with van der Waals surface area (Å²) in [5.41, 5.74) is 0. The molecule has 0 amide bonds. The summed E-state index contributed by atoms with van der Waals surface area (Å²) in [6, 6.07) is 13.4. The molecule has 0 atom stereocenters. The molecule has 2 aromatic carbocycles. The average molecular weight is 277 g/mol. The van der Waals surface area contributed by atoms with Crippen molar-refractivity contribution in [2.75, 3.05) is 14.2 Å². The lowest BCUT2D eigenvalue weighted by Crippen LogP contribution is -2.00. The van der Waals surface area contributed by atoms with E-state index in [0.29, 0.717) is 21.3 Å². The molecule has 100 valence electrons. The molecule has 1 N–H and O–H groups in total. The van der Waals surface area contributed by atoms with Gasteiger partial charge in [-0.25, -0.2) is 8.99 Å². The summed E-state index contributed by atoms with van der Waals surface area (Å²) < 4.78 is 30.8. The molecule has 0 aliphatic carbocycles. The molecule has 0 saturated heterocycles. The van der Waals surface area contributed by atoms with Crippen LogP contribution in [-0.2, 0) is 9.73 Å². The van der Waals surface area contributed by atoms with Gasteiger partial charge in [-0.2, -0.15) is 0 Å². The molecule has 0 fully saturated rings. The van der Waals surface area contributed by atoms with Crippen LogP contribution in [0.4, 0.5) is 0 Å². The van der Waals surface area contributed by atoms with Gasteiger partial charge in [-0.3, -0.25) is 0 Å². The summed E-state index contributed by atoms with van der Waals surface area (Å²) in [6.45, 7) is 0. The zero-order valence-electron chi connectivity index (χ0n) is 10.8. The minimum Gasteiger partial charge on any atom is -0.497 e. The highest BCUT2D eigenvalue weighted by Gasteiger charge is 2.13. The minimum atomic E-state index is -3.00. The molecule has 0 aliphatic rings. The summed E-state index contributed by atoms with van der Waals surface area (Å²) in [6.07, 6.45) is 0. The van der Waals surface area contributed by atoms with Crippen molar-refractivity contribution in [2.24, 2.45) is 0 Å². The second-order valence-electron chi connectivity index (χ2n) is 3.91.